The number of nitrogens with zero attached hydrogens (tertiary/aromatic N) is 1. The third-order valence-electron chi connectivity index (χ3n) is 6.02. The summed E-state index contributed by atoms with van der Waals surface area (Å²) in [4.78, 5) is 5.54. The Hall–Kier alpha value is -2.71. The molecule has 34 heavy (non-hydrogen) atoms. The molecule has 0 aliphatic carbocycles. The van der Waals surface area contributed by atoms with Gasteiger partial charge in [-0.25, -0.2) is 4.98 Å². The van der Waals surface area contributed by atoms with Crippen molar-refractivity contribution in [2.75, 3.05) is 39.3 Å². The molecular formula is C27H34N4O2S. The first-order valence-electron chi connectivity index (χ1n) is 11.9. The van der Waals surface area contributed by atoms with Crippen LogP contribution >= 0.6 is 11.3 Å². The van der Waals surface area contributed by atoms with E-state index in [4.69, 9.17) is 8.83 Å². The van der Waals surface area contributed by atoms with Gasteiger partial charge in [-0.05, 0) is 80.1 Å². The third kappa shape index (κ3) is 7.14. The predicted molar refractivity (Wildman–Crippen MR) is 141 cm³/mol. The van der Waals surface area contributed by atoms with Crippen LogP contribution in [0.4, 0.5) is 0 Å². The maximum Gasteiger partial charge on any atom is 0.181 e. The highest BCUT2D eigenvalue weighted by Crippen LogP contribution is 2.22. The monoisotopic (exact) mass is 478 g/mol. The smallest absolute Gasteiger partial charge is 0.181 e. The van der Waals surface area contributed by atoms with E-state index in [9.17, 15) is 0 Å². The van der Waals surface area contributed by atoms with Crippen LogP contribution in [-0.2, 0) is 0 Å². The van der Waals surface area contributed by atoms with Gasteiger partial charge < -0.3 is 24.8 Å². The van der Waals surface area contributed by atoms with E-state index < -0.39 is 0 Å². The topological polar surface area (TPSA) is 75.3 Å². The average Bonchev–Trinajstić information content (AvgIpc) is 3.70. The number of thiophene rings is 1. The van der Waals surface area contributed by atoms with Crippen LogP contribution in [0, 0.1) is 0 Å². The second kappa shape index (κ2) is 13.2. The molecule has 0 saturated heterocycles. The number of hydrogen-bond donors (Lipinski definition) is 3. The zero-order valence-electron chi connectivity index (χ0n) is 19.8. The third-order valence-corrected chi connectivity index (χ3v) is 6.96. The van der Waals surface area contributed by atoms with Gasteiger partial charge in [0.25, 0.3) is 0 Å². The second-order valence-electron chi connectivity index (χ2n) is 8.44. The molecule has 6 rings (SSSR count). The van der Waals surface area contributed by atoms with Crippen molar-refractivity contribution in [2.24, 2.45) is 0 Å². The summed E-state index contributed by atoms with van der Waals surface area (Å²) in [5.74, 6) is 0. The highest BCUT2D eigenvalue weighted by Gasteiger charge is 2.12. The molecule has 0 fully saturated rings. The lowest BCUT2D eigenvalue weighted by atomic mass is 10.0. The standard InChI is InChI=1S/C9H12N2O.C9H11NO.C9H11NS/c1-7-2-3-10-4-8(7)9-5-12-6-11-9;1-2-8(6-10-4-1)9-3-5-11-7-9;1-3-8(7-10-5-1)9-4-2-6-11-9/h5-6,10H,2-4H2,1H3;2-3,5,7,10H,1,4,6H2;2-4,6,10H,1,5,7H2. The van der Waals surface area contributed by atoms with Gasteiger partial charge >= 0.3 is 0 Å². The first-order valence-corrected chi connectivity index (χ1v) is 12.8. The molecule has 3 aliphatic heterocycles. The van der Waals surface area contributed by atoms with Crippen molar-refractivity contribution in [3.8, 4) is 0 Å². The Morgan fingerprint density at radius 2 is 1.68 bits per heavy atom. The highest BCUT2D eigenvalue weighted by molar-refractivity contribution is 7.11. The maximum absolute atomic E-state index is 5.00. The van der Waals surface area contributed by atoms with E-state index in [1.807, 2.05) is 17.4 Å². The molecule has 0 aromatic carbocycles. The lowest BCUT2D eigenvalue weighted by Crippen LogP contribution is -2.23. The van der Waals surface area contributed by atoms with Gasteiger partial charge in [-0.1, -0.05) is 23.8 Å². The van der Waals surface area contributed by atoms with Gasteiger partial charge in [-0.15, -0.1) is 11.3 Å². The number of hydrogen-bond acceptors (Lipinski definition) is 7. The van der Waals surface area contributed by atoms with Crippen LogP contribution in [0.15, 0.2) is 75.3 Å². The molecule has 0 bridgehead atoms. The lowest BCUT2D eigenvalue weighted by molar-refractivity contribution is 0.557. The highest BCUT2D eigenvalue weighted by atomic mass is 32.1. The van der Waals surface area contributed by atoms with E-state index in [0.29, 0.717) is 0 Å². The summed E-state index contributed by atoms with van der Waals surface area (Å²) in [6.07, 6.45) is 14.7. The minimum atomic E-state index is 0.915. The second-order valence-corrected chi connectivity index (χ2v) is 9.39. The van der Waals surface area contributed by atoms with E-state index in [-0.39, 0.29) is 0 Å². The normalized spacial score (nSPS) is 18.1. The van der Waals surface area contributed by atoms with Gasteiger partial charge in [-0.2, -0.15) is 0 Å². The van der Waals surface area contributed by atoms with Gasteiger partial charge in [0.05, 0.1) is 12.5 Å². The quantitative estimate of drug-likeness (QED) is 0.479. The Morgan fingerprint density at radius 1 is 0.882 bits per heavy atom. The minimum absolute atomic E-state index is 0.915. The molecule has 0 radical (unpaired) electrons. The summed E-state index contributed by atoms with van der Waals surface area (Å²) in [7, 11) is 0. The van der Waals surface area contributed by atoms with Gasteiger partial charge in [-0.3, -0.25) is 0 Å². The molecule has 3 aromatic rings. The van der Waals surface area contributed by atoms with E-state index in [0.717, 1.165) is 57.8 Å². The lowest BCUT2D eigenvalue weighted by Gasteiger charge is -2.16. The van der Waals surface area contributed by atoms with Gasteiger partial charge in [0.2, 0.25) is 0 Å². The molecule has 0 saturated carbocycles. The first-order chi connectivity index (χ1) is 16.8. The molecule has 0 unspecified atom stereocenters. The van der Waals surface area contributed by atoms with Crippen LogP contribution in [0.2, 0.25) is 0 Å². The van der Waals surface area contributed by atoms with Crippen molar-refractivity contribution in [1.82, 2.24) is 20.9 Å². The van der Waals surface area contributed by atoms with Crippen LogP contribution in [0.25, 0.3) is 16.7 Å². The molecule has 3 aromatic heterocycles. The zero-order valence-corrected chi connectivity index (χ0v) is 20.6. The SMILES string of the molecule is C1=C(c2cccs2)CNCC1.C1=C(c2ccoc2)CNCC1.CC1=C(c2cocn2)CNCC1. The number of nitrogens with one attached hydrogen (secondary N) is 3. The fraction of sp³-hybridized carbons (Fsp3) is 0.370. The van der Waals surface area contributed by atoms with E-state index >= 15 is 0 Å². The summed E-state index contributed by atoms with van der Waals surface area (Å²) in [6.45, 7) is 8.40. The van der Waals surface area contributed by atoms with E-state index in [1.54, 1.807) is 18.8 Å². The summed E-state index contributed by atoms with van der Waals surface area (Å²) in [6, 6.07) is 6.29. The Bertz CT molecular complexity index is 1010. The molecule has 7 heteroatoms. The Balaban J connectivity index is 0.000000121. The van der Waals surface area contributed by atoms with Crippen molar-refractivity contribution >= 4 is 28.1 Å². The first kappa shape index (κ1) is 24.4. The van der Waals surface area contributed by atoms with Crippen molar-refractivity contribution in [3.05, 3.63) is 82.6 Å². The van der Waals surface area contributed by atoms with Gasteiger partial charge in [0.15, 0.2) is 6.39 Å². The molecular weight excluding hydrogens is 444 g/mol. The predicted octanol–water partition coefficient (Wildman–Crippen LogP) is 5.22. The Labute approximate surface area is 205 Å². The molecule has 0 amide bonds. The summed E-state index contributed by atoms with van der Waals surface area (Å²) in [5.41, 5.74) is 7.70. The maximum atomic E-state index is 5.00. The molecule has 6 nitrogen and oxygen atoms in total. The number of furan rings is 1. The molecule has 0 atom stereocenters. The molecule has 180 valence electrons. The zero-order chi connectivity index (χ0) is 23.4. The fourth-order valence-corrected chi connectivity index (χ4v) is 4.83. The van der Waals surface area contributed by atoms with Crippen molar-refractivity contribution in [3.63, 3.8) is 0 Å². The van der Waals surface area contributed by atoms with Crippen LogP contribution < -0.4 is 16.0 Å². The minimum Gasteiger partial charge on any atom is -0.472 e. The van der Waals surface area contributed by atoms with Gasteiger partial charge in [0.1, 0.15) is 12.0 Å². The molecule has 0 spiro atoms. The number of oxazole rings is 1. The van der Waals surface area contributed by atoms with Crippen molar-refractivity contribution < 1.29 is 8.83 Å². The Kier molecular flexibility index (Phi) is 9.51. The average molecular weight is 479 g/mol. The largest absolute Gasteiger partial charge is 0.472 e. The number of aromatic nitrogens is 1. The summed E-state index contributed by atoms with van der Waals surface area (Å²) >= 11 is 1.82. The van der Waals surface area contributed by atoms with Crippen LogP contribution in [0.1, 0.15) is 42.3 Å². The van der Waals surface area contributed by atoms with Crippen LogP contribution in [0.3, 0.4) is 0 Å². The molecule has 3 N–H and O–H groups in total. The summed E-state index contributed by atoms with van der Waals surface area (Å²) in [5, 5.41) is 12.1. The molecule has 6 heterocycles. The van der Waals surface area contributed by atoms with Gasteiger partial charge in [0, 0.05) is 30.1 Å². The van der Waals surface area contributed by atoms with E-state index in [1.165, 1.54) is 45.5 Å². The molecule has 3 aliphatic rings. The van der Waals surface area contributed by atoms with Crippen LogP contribution in [-0.4, -0.2) is 44.3 Å². The fourth-order valence-electron chi connectivity index (χ4n) is 4.07. The van der Waals surface area contributed by atoms with Crippen molar-refractivity contribution in [1.29, 1.82) is 0 Å². The summed E-state index contributed by atoms with van der Waals surface area (Å²) < 4.78 is 9.94. The van der Waals surface area contributed by atoms with Crippen molar-refractivity contribution in [2.45, 2.75) is 26.2 Å². The Morgan fingerprint density at radius 3 is 2.26 bits per heavy atom. The number of rotatable bonds is 3. The van der Waals surface area contributed by atoms with Crippen LogP contribution in [0.5, 0.6) is 0 Å². The van der Waals surface area contributed by atoms with E-state index in [2.05, 4.69) is 57.5 Å².